The molecular formula is C26H21N7OS. The number of pyridine rings is 3. The number of fused-ring (bicyclic) bond motifs is 2. The van der Waals surface area contributed by atoms with Crippen molar-refractivity contribution in [3.8, 4) is 33.1 Å². The molecule has 0 saturated heterocycles. The summed E-state index contributed by atoms with van der Waals surface area (Å²) in [5, 5.41) is 14.6. The molecule has 0 radical (unpaired) electrons. The van der Waals surface area contributed by atoms with E-state index in [-0.39, 0.29) is 11.8 Å². The van der Waals surface area contributed by atoms with E-state index in [9.17, 15) is 4.79 Å². The highest BCUT2D eigenvalue weighted by Crippen LogP contribution is 2.35. The van der Waals surface area contributed by atoms with Gasteiger partial charge in [0.2, 0.25) is 5.91 Å². The van der Waals surface area contributed by atoms with Crippen LogP contribution in [0.1, 0.15) is 13.8 Å². The van der Waals surface area contributed by atoms with Crippen molar-refractivity contribution >= 4 is 44.9 Å². The summed E-state index contributed by atoms with van der Waals surface area (Å²) in [6.45, 7) is 3.71. The minimum Gasteiger partial charge on any atom is -0.338 e. The summed E-state index contributed by atoms with van der Waals surface area (Å²) in [5.41, 5.74) is 6.62. The zero-order chi connectivity index (χ0) is 23.9. The van der Waals surface area contributed by atoms with Crippen molar-refractivity contribution in [2.75, 3.05) is 5.32 Å². The van der Waals surface area contributed by atoms with Crippen molar-refractivity contribution in [1.29, 1.82) is 0 Å². The molecule has 1 amide bonds. The molecule has 0 aliphatic carbocycles. The predicted molar refractivity (Wildman–Crippen MR) is 139 cm³/mol. The van der Waals surface area contributed by atoms with E-state index in [1.165, 1.54) is 4.88 Å². The van der Waals surface area contributed by atoms with E-state index in [2.05, 4.69) is 53.0 Å². The first-order valence-corrected chi connectivity index (χ1v) is 12.1. The van der Waals surface area contributed by atoms with Gasteiger partial charge in [-0.1, -0.05) is 19.9 Å². The first kappa shape index (κ1) is 21.2. The smallest absolute Gasteiger partial charge is 0.226 e. The number of hydrogen-bond donors (Lipinski definition) is 3. The van der Waals surface area contributed by atoms with Gasteiger partial charge in [0.1, 0.15) is 11.3 Å². The SMILES string of the molecule is CC(C)C(=O)Nc1cncc(-c2cc3c(-c4cc5c(-c6cccs6)ccnc5[nH]4)n[nH]c3cn2)c1. The van der Waals surface area contributed by atoms with E-state index in [0.29, 0.717) is 5.69 Å². The summed E-state index contributed by atoms with van der Waals surface area (Å²) < 4.78 is 0. The fourth-order valence-corrected chi connectivity index (χ4v) is 4.78. The molecule has 0 bridgehead atoms. The topological polar surface area (TPSA) is 112 Å². The third kappa shape index (κ3) is 3.85. The summed E-state index contributed by atoms with van der Waals surface area (Å²) >= 11 is 1.70. The highest BCUT2D eigenvalue weighted by molar-refractivity contribution is 7.13. The molecule has 0 aromatic carbocycles. The summed E-state index contributed by atoms with van der Waals surface area (Å²) in [7, 11) is 0. The Balaban J connectivity index is 1.41. The minimum atomic E-state index is -0.118. The number of carbonyl (C=O) groups is 1. The normalized spacial score (nSPS) is 11.5. The molecule has 6 heterocycles. The van der Waals surface area contributed by atoms with Gasteiger partial charge in [0.05, 0.1) is 35.0 Å². The lowest BCUT2D eigenvalue weighted by Gasteiger charge is -2.08. The van der Waals surface area contributed by atoms with E-state index in [1.807, 2.05) is 44.3 Å². The molecule has 35 heavy (non-hydrogen) atoms. The maximum atomic E-state index is 12.1. The number of amides is 1. The van der Waals surface area contributed by atoms with Crippen LogP contribution >= 0.6 is 11.3 Å². The van der Waals surface area contributed by atoms with Gasteiger partial charge in [-0.3, -0.25) is 19.9 Å². The van der Waals surface area contributed by atoms with Crippen molar-refractivity contribution in [1.82, 2.24) is 30.1 Å². The molecule has 0 aliphatic heterocycles. The molecule has 172 valence electrons. The molecule has 8 nitrogen and oxygen atoms in total. The maximum Gasteiger partial charge on any atom is 0.226 e. The molecule has 6 aromatic heterocycles. The number of aromatic nitrogens is 6. The van der Waals surface area contributed by atoms with Crippen molar-refractivity contribution in [3.05, 3.63) is 66.6 Å². The van der Waals surface area contributed by atoms with Gasteiger partial charge < -0.3 is 10.3 Å². The van der Waals surface area contributed by atoms with Crippen LogP contribution in [0.4, 0.5) is 5.69 Å². The Labute approximate surface area is 204 Å². The predicted octanol–water partition coefficient (Wildman–Crippen LogP) is 5.89. The number of H-pyrrole nitrogens is 2. The Morgan fingerprint density at radius 1 is 1.06 bits per heavy atom. The van der Waals surface area contributed by atoms with Gasteiger partial charge in [-0.15, -0.1) is 11.3 Å². The molecule has 6 rings (SSSR count). The molecule has 6 aromatic rings. The van der Waals surface area contributed by atoms with Crippen LogP contribution in [0.25, 0.3) is 55.0 Å². The van der Waals surface area contributed by atoms with Crippen molar-refractivity contribution in [2.24, 2.45) is 5.92 Å². The van der Waals surface area contributed by atoms with Gasteiger partial charge in [0.15, 0.2) is 0 Å². The maximum absolute atomic E-state index is 12.1. The number of nitrogens with one attached hydrogen (secondary N) is 3. The highest BCUT2D eigenvalue weighted by Gasteiger charge is 2.16. The molecule has 0 unspecified atom stereocenters. The molecule has 0 spiro atoms. The van der Waals surface area contributed by atoms with Gasteiger partial charge >= 0.3 is 0 Å². The van der Waals surface area contributed by atoms with E-state index in [1.54, 1.807) is 29.9 Å². The first-order chi connectivity index (χ1) is 17.1. The fourth-order valence-electron chi connectivity index (χ4n) is 4.02. The lowest BCUT2D eigenvalue weighted by Crippen LogP contribution is -2.17. The lowest BCUT2D eigenvalue weighted by molar-refractivity contribution is -0.118. The number of anilines is 1. The van der Waals surface area contributed by atoms with E-state index < -0.39 is 0 Å². The number of carbonyl (C=O) groups excluding carboxylic acids is 1. The Hall–Kier alpha value is -4.37. The Morgan fingerprint density at radius 2 is 1.97 bits per heavy atom. The van der Waals surface area contributed by atoms with E-state index in [4.69, 9.17) is 0 Å². The number of aromatic amines is 2. The molecule has 0 fully saturated rings. The van der Waals surface area contributed by atoms with Gasteiger partial charge in [-0.2, -0.15) is 5.10 Å². The third-order valence-corrected chi connectivity index (χ3v) is 6.75. The molecule has 0 aliphatic rings. The largest absolute Gasteiger partial charge is 0.338 e. The van der Waals surface area contributed by atoms with Crippen LogP contribution in [0.3, 0.4) is 0 Å². The quantitative estimate of drug-likeness (QED) is 0.286. The average Bonchev–Trinajstić information content (AvgIpc) is 3.62. The number of nitrogens with zero attached hydrogens (tertiary/aromatic N) is 4. The number of thiophene rings is 1. The number of rotatable bonds is 5. The Morgan fingerprint density at radius 3 is 2.80 bits per heavy atom. The zero-order valence-electron chi connectivity index (χ0n) is 19.0. The molecule has 9 heteroatoms. The monoisotopic (exact) mass is 479 g/mol. The molecule has 0 atom stereocenters. The summed E-state index contributed by atoms with van der Waals surface area (Å²) in [6, 6.07) is 12.2. The van der Waals surface area contributed by atoms with E-state index >= 15 is 0 Å². The molecular weight excluding hydrogens is 458 g/mol. The first-order valence-electron chi connectivity index (χ1n) is 11.2. The third-order valence-electron chi connectivity index (χ3n) is 5.85. The van der Waals surface area contributed by atoms with Crippen molar-refractivity contribution in [2.45, 2.75) is 13.8 Å². The van der Waals surface area contributed by atoms with Crippen LogP contribution in [0.5, 0.6) is 0 Å². The van der Waals surface area contributed by atoms with Crippen molar-refractivity contribution < 1.29 is 4.79 Å². The second-order valence-corrected chi connectivity index (χ2v) is 9.52. The van der Waals surface area contributed by atoms with Gasteiger partial charge in [-0.25, -0.2) is 4.98 Å². The summed E-state index contributed by atoms with van der Waals surface area (Å²) in [5.74, 6) is -0.174. The molecule has 0 saturated carbocycles. The second kappa shape index (κ2) is 8.44. The number of hydrogen-bond acceptors (Lipinski definition) is 6. The van der Waals surface area contributed by atoms with Gasteiger partial charge in [0.25, 0.3) is 0 Å². The zero-order valence-corrected chi connectivity index (χ0v) is 19.9. The summed E-state index contributed by atoms with van der Waals surface area (Å²) in [6.07, 6.45) is 6.95. The van der Waals surface area contributed by atoms with Gasteiger partial charge in [0, 0.05) is 45.1 Å². The van der Waals surface area contributed by atoms with E-state index in [0.717, 1.165) is 50.1 Å². The second-order valence-electron chi connectivity index (χ2n) is 8.57. The Kier molecular flexibility index (Phi) is 5.11. The Bertz CT molecular complexity index is 1680. The van der Waals surface area contributed by atoms with Crippen molar-refractivity contribution in [3.63, 3.8) is 0 Å². The lowest BCUT2D eigenvalue weighted by atomic mass is 10.1. The van der Waals surface area contributed by atoms with Crippen LogP contribution in [-0.2, 0) is 4.79 Å². The fraction of sp³-hybridized carbons (Fsp3) is 0.115. The average molecular weight is 480 g/mol. The highest BCUT2D eigenvalue weighted by atomic mass is 32.1. The standard InChI is InChI=1S/C26H21N7OS/c1-14(2)26(34)30-16-8-15(11-27-12-16)20-10-19-22(13-29-20)32-33-24(19)21-9-18-17(23-4-3-7-35-23)5-6-28-25(18)31-21/h3-14H,1-2H3,(H,28,31)(H,30,34)(H,32,33). The van der Waals surface area contributed by atoms with Crippen LogP contribution in [0.2, 0.25) is 0 Å². The molecule has 3 N–H and O–H groups in total. The minimum absolute atomic E-state index is 0.0566. The van der Waals surface area contributed by atoms with Crippen LogP contribution in [0.15, 0.2) is 66.6 Å². The van der Waals surface area contributed by atoms with Crippen LogP contribution in [0, 0.1) is 5.92 Å². The summed E-state index contributed by atoms with van der Waals surface area (Å²) in [4.78, 5) is 30.1. The van der Waals surface area contributed by atoms with Crippen LogP contribution in [-0.4, -0.2) is 36.0 Å². The van der Waals surface area contributed by atoms with Gasteiger partial charge in [-0.05, 0) is 35.7 Å². The van der Waals surface area contributed by atoms with Crippen LogP contribution < -0.4 is 5.32 Å².